The molecule has 9 aromatic rings. The maximum atomic E-state index is 6.69. The van der Waals surface area contributed by atoms with E-state index in [0.29, 0.717) is 0 Å². The fourth-order valence-corrected chi connectivity index (χ4v) is 8.49. The molecule has 0 spiro atoms. The van der Waals surface area contributed by atoms with Gasteiger partial charge in [0.25, 0.3) is 0 Å². The minimum absolute atomic E-state index is 0.0673. The number of rotatable bonds is 2. The first-order chi connectivity index (χ1) is 21.9. The smallest absolute Gasteiger partial charge is 0.153 e. The molecule has 0 saturated heterocycles. The van der Waals surface area contributed by atoms with Crippen LogP contribution < -0.4 is 0 Å². The normalized spacial score (nSPS) is 18.0. The molecule has 11 rings (SSSR count). The number of benzene rings is 6. The van der Waals surface area contributed by atoms with Crippen molar-refractivity contribution >= 4 is 70.9 Å². The van der Waals surface area contributed by atoms with Gasteiger partial charge in [-0.05, 0) is 64.7 Å². The number of nitrogens with zero attached hydrogens (tertiary/aromatic N) is 3. The summed E-state index contributed by atoms with van der Waals surface area (Å²) in [5.74, 6) is 1.06. The van der Waals surface area contributed by atoms with Crippen molar-refractivity contribution in [1.29, 1.82) is 0 Å². The van der Waals surface area contributed by atoms with Crippen LogP contribution in [0.25, 0.3) is 70.9 Å². The van der Waals surface area contributed by atoms with Gasteiger partial charge in [-0.2, -0.15) is 0 Å². The highest BCUT2D eigenvalue weighted by Gasteiger charge is 2.48. The Bertz CT molecular complexity index is 2600. The van der Waals surface area contributed by atoms with Gasteiger partial charge in [-0.25, -0.2) is 0 Å². The maximum absolute atomic E-state index is 6.69. The van der Waals surface area contributed by atoms with Crippen LogP contribution >= 0.6 is 0 Å². The van der Waals surface area contributed by atoms with E-state index in [-0.39, 0.29) is 12.2 Å². The molecule has 208 valence electrons. The van der Waals surface area contributed by atoms with Crippen LogP contribution in [-0.2, 0) is 6.42 Å². The predicted molar refractivity (Wildman–Crippen MR) is 180 cm³/mol. The molecule has 4 nitrogen and oxygen atoms in total. The first-order valence-corrected chi connectivity index (χ1v) is 15.6. The van der Waals surface area contributed by atoms with Crippen molar-refractivity contribution in [2.45, 2.75) is 25.0 Å². The minimum atomic E-state index is 0.0673. The zero-order valence-corrected chi connectivity index (χ0v) is 23.9. The summed E-state index contributed by atoms with van der Waals surface area (Å²) in [6.45, 7) is 0. The summed E-state index contributed by atoms with van der Waals surface area (Å²) in [6.07, 6.45) is 4.55. The monoisotopic (exact) mass is 565 g/mol. The molecule has 0 fully saturated rings. The molecule has 2 unspecified atom stereocenters. The first kappa shape index (κ1) is 23.0. The predicted octanol–water partition coefficient (Wildman–Crippen LogP) is 10.2. The van der Waals surface area contributed by atoms with Gasteiger partial charge >= 0.3 is 0 Å². The molecule has 2 aliphatic rings. The van der Waals surface area contributed by atoms with Crippen LogP contribution in [0.1, 0.15) is 30.0 Å². The van der Waals surface area contributed by atoms with Crippen LogP contribution in [0.5, 0.6) is 0 Å². The summed E-state index contributed by atoms with van der Waals surface area (Å²) in [6, 6.07) is 44.4. The molecule has 0 bridgehead atoms. The van der Waals surface area contributed by atoms with Crippen LogP contribution in [0.15, 0.2) is 132 Å². The molecule has 4 heteroatoms. The third-order valence-electron chi connectivity index (χ3n) is 10.3. The standard InChI is InChI=1S/C40H27N3O/c1-3-12-26-24(10-1)20-22-33-36(26)37-27-13-4-2-11-25(27)21-23-34(37)41(33)40-38(42-31-17-6-7-18-32(31)43(40)42)30-16-9-15-29-28-14-5-8-19-35(28)44-39(29)30/h1-8,10-14,16-23,38,40H,9,15H2. The number of fused-ring (bicyclic) bond motifs is 14. The van der Waals surface area contributed by atoms with Crippen molar-refractivity contribution in [2.24, 2.45) is 0 Å². The Kier molecular flexibility index (Phi) is 4.25. The van der Waals surface area contributed by atoms with Crippen LogP contribution in [-0.4, -0.2) is 13.9 Å². The lowest BCUT2D eigenvalue weighted by atomic mass is 9.87. The third-order valence-corrected chi connectivity index (χ3v) is 10.3. The quantitative estimate of drug-likeness (QED) is 0.205. The summed E-state index contributed by atoms with van der Waals surface area (Å²) < 4.78 is 14.3. The summed E-state index contributed by atoms with van der Waals surface area (Å²) >= 11 is 0. The van der Waals surface area contributed by atoms with Gasteiger partial charge in [0.2, 0.25) is 0 Å². The number of hydrogen-bond donors (Lipinski definition) is 0. The lowest BCUT2D eigenvalue weighted by molar-refractivity contribution is 0.156. The second kappa shape index (κ2) is 8.12. The molecule has 0 amide bonds. The number of hydrogen-bond acceptors (Lipinski definition) is 1. The van der Waals surface area contributed by atoms with Gasteiger partial charge in [0, 0.05) is 27.3 Å². The second-order valence-corrected chi connectivity index (χ2v) is 12.4. The first-order valence-electron chi connectivity index (χ1n) is 15.6. The average Bonchev–Trinajstić information content (AvgIpc) is 3.61. The average molecular weight is 566 g/mol. The van der Waals surface area contributed by atoms with Crippen molar-refractivity contribution in [2.75, 3.05) is 0 Å². The van der Waals surface area contributed by atoms with Crippen molar-refractivity contribution in [3.05, 3.63) is 139 Å². The van der Waals surface area contributed by atoms with E-state index in [1.165, 1.54) is 70.9 Å². The van der Waals surface area contributed by atoms with Crippen molar-refractivity contribution in [1.82, 2.24) is 13.9 Å². The Morgan fingerprint density at radius 3 is 1.84 bits per heavy atom. The summed E-state index contributed by atoms with van der Waals surface area (Å²) in [4.78, 5) is 0. The van der Waals surface area contributed by atoms with Crippen LogP contribution in [0.3, 0.4) is 0 Å². The van der Waals surface area contributed by atoms with Gasteiger partial charge in [-0.1, -0.05) is 97.1 Å². The van der Waals surface area contributed by atoms with Crippen molar-refractivity contribution < 1.29 is 4.42 Å². The topological polar surface area (TPSA) is 27.9 Å². The molecule has 3 aromatic heterocycles. The van der Waals surface area contributed by atoms with Gasteiger partial charge in [-0.3, -0.25) is 9.36 Å². The second-order valence-electron chi connectivity index (χ2n) is 12.4. The summed E-state index contributed by atoms with van der Waals surface area (Å²) in [7, 11) is 0. The molecule has 1 aliphatic heterocycles. The molecule has 2 atom stereocenters. The Morgan fingerprint density at radius 2 is 1.14 bits per heavy atom. The van der Waals surface area contributed by atoms with Gasteiger partial charge < -0.3 is 8.98 Å². The van der Waals surface area contributed by atoms with E-state index in [1.54, 1.807) is 0 Å². The molecule has 0 saturated carbocycles. The maximum Gasteiger partial charge on any atom is 0.153 e. The highest BCUT2D eigenvalue weighted by Crippen LogP contribution is 2.55. The Balaban J connectivity index is 1.26. The molecule has 4 heterocycles. The highest BCUT2D eigenvalue weighted by molar-refractivity contribution is 6.28. The molecular weight excluding hydrogens is 538 g/mol. The minimum Gasteiger partial charge on any atom is -0.456 e. The van der Waals surface area contributed by atoms with E-state index in [1.807, 2.05) is 0 Å². The van der Waals surface area contributed by atoms with E-state index >= 15 is 0 Å². The van der Waals surface area contributed by atoms with Gasteiger partial charge in [0.05, 0.1) is 22.1 Å². The SMILES string of the molecule is C1=C(C2C(n3c4ccc5ccccc5c4c4c5ccccc5ccc43)n3c4ccccc4n32)c2oc3ccccc3c2CC1. The highest BCUT2D eigenvalue weighted by atomic mass is 16.3. The van der Waals surface area contributed by atoms with Gasteiger partial charge in [0.1, 0.15) is 17.4 Å². The summed E-state index contributed by atoms with van der Waals surface area (Å²) in [5, 5.41) is 9.08. The molecule has 6 aromatic carbocycles. The van der Waals surface area contributed by atoms with Crippen LogP contribution in [0, 0.1) is 0 Å². The number of aromatic nitrogens is 3. The number of para-hydroxylation sites is 3. The molecular formula is C40H27N3O. The Morgan fingerprint density at radius 1 is 0.545 bits per heavy atom. The number of allylic oxidation sites excluding steroid dienone is 2. The lowest BCUT2D eigenvalue weighted by Crippen LogP contribution is -2.49. The van der Waals surface area contributed by atoms with E-state index in [2.05, 4.69) is 141 Å². The number of aryl methyl sites for hydroxylation is 1. The third kappa shape index (κ3) is 2.70. The van der Waals surface area contributed by atoms with Gasteiger partial charge in [0.15, 0.2) is 6.17 Å². The Hall–Kier alpha value is -5.48. The zero-order chi connectivity index (χ0) is 28.5. The molecule has 0 N–H and O–H groups in total. The van der Waals surface area contributed by atoms with Crippen molar-refractivity contribution in [3.63, 3.8) is 0 Å². The molecule has 1 aliphatic carbocycles. The fraction of sp³-hybridized carbons (Fsp3) is 0.100. The van der Waals surface area contributed by atoms with E-state index < -0.39 is 0 Å². The van der Waals surface area contributed by atoms with Gasteiger partial charge in [-0.15, -0.1) is 0 Å². The van der Waals surface area contributed by atoms with E-state index in [0.717, 1.165) is 24.2 Å². The fourth-order valence-electron chi connectivity index (χ4n) is 8.49. The summed E-state index contributed by atoms with van der Waals surface area (Å²) in [5.41, 5.74) is 8.75. The lowest BCUT2D eigenvalue weighted by Gasteiger charge is -2.51. The zero-order valence-electron chi connectivity index (χ0n) is 23.9. The molecule has 0 radical (unpaired) electrons. The molecule has 44 heavy (non-hydrogen) atoms. The van der Waals surface area contributed by atoms with E-state index in [4.69, 9.17) is 4.42 Å². The number of furan rings is 1. The largest absolute Gasteiger partial charge is 0.456 e. The Labute approximate surface area is 252 Å². The van der Waals surface area contributed by atoms with Crippen LogP contribution in [0.2, 0.25) is 0 Å². The van der Waals surface area contributed by atoms with Crippen LogP contribution in [0.4, 0.5) is 0 Å². The van der Waals surface area contributed by atoms with Crippen molar-refractivity contribution in [3.8, 4) is 0 Å². The van der Waals surface area contributed by atoms with E-state index in [9.17, 15) is 0 Å².